The van der Waals surface area contributed by atoms with Crippen molar-refractivity contribution in [2.24, 2.45) is 0 Å². The van der Waals surface area contributed by atoms with Crippen LogP contribution >= 0.6 is 0 Å². The monoisotopic (exact) mass is 233 g/mol. The van der Waals surface area contributed by atoms with Crippen molar-refractivity contribution in [3.8, 4) is 0 Å². The van der Waals surface area contributed by atoms with Crippen molar-refractivity contribution >= 4 is 16.3 Å². The molecule has 18 heavy (non-hydrogen) atoms. The van der Waals surface area contributed by atoms with E-state index in [9.17, 15) is 0 Å². The molecule has 0 radical (unpaired) electrons. The number of allylic oxidation sites excluding steroid dienone is 6. The van der Waals surface area contributed by atoms with Crippen molar-refractivity contribution in [3.63, 3.8) is 0 Å². The zero-order chi connectivity index (χ0) is 11.2. The van der Waals surface area contributed by atoms with Crippen molar-refractivity contribution in [3.05, 3.63) is 77.4 Å². The second kappa shape index (κ2) is 3.97. The maximum absolute atomic E-state index is 2.33. The third-order valence-electron chi connectivity index (χ3n) is 3.65. The first kappa shape index (κ1) is 11.0. The number of rotatable bonds is 1. The van der Waals surface area contributed by atoms with Crippen LogP contribution in [0.4, 0.5) is 0 Å². The molecule has 0 saturated heterocycles. The van der Waals surface area contributed by atoms with Gasteiger partial charge in [-0.3, -0.25) is 0 Å². The Morgan fingerprint density at radius 1 is 0.833 bits per heavy atom. The molecule has 0 amide bonds. The Kier molecular flexibility index (Phi) is 2.42. The van der Waals surface area contributed by atoms with Gasteiger partial charge in [-0.2, -0.15) is 0 Å². The summed E-state index contributed by atoms with van der Waals surface area (Å²) in [7, 11) is 0. The van der Waals surface area contributed by atoms with Crippen LogP contribution in [0.1, 0.15) is 12.0 Å². The Balaban J connectivity index is 0.000001000. The van der Waals surface area contributed by atoms with Gasteiger partial charge >= 0.3 is 0 Å². The Bertz CT molecular complexity index is 712. The fraction of sp³-hybridized carbons (Fsp3) is 0.0588. The molecule has 0 heterocycles. The van der Waals surface area contributed by atoms with Crippen molar-refractivity contribution in [1.82, 2.24) is 6.15 Å². The van der Waals surface area contributed by atoms with Crippen LogP contribution in [-0.4, -0.2) is 0 Å². The summed E-state index contributed by atoms with van der Waals surface area (Å²) < 4.78 is 0. The van der Waals surface area contributed by atoms with Gasteiger partial charge in [0, 0.05) is 0 Å². The summed E-state index contributed by atoms with van der Waals surface area (Å²) >= 11 is 0. The first-order valence-electron chi connectivity index (χ1n) is 6.02. The van der Waals surface area contributed by atoms with Gasteiger partial charge in [-0.05, 0) is 39.5 Å². The smallest absolute Gasteiger partial charge is 0.00194 e. The fourth-order valence-electron chi connectivity index (χ4n) is 2.82. The lowest BCUT2D eigenvalue weighted by Crippen LogP contribution is -1.86. The first-order valence-corrected chi connectivity index (χ1v) is 6.02. The lowest BCUT2D eigenvalue weighted by atomic mass is 9.96. The number of hydrogen-bond donors (Lipinski definition) is 1. The van der Waals surface area contributed by atoms with Crippen LogP contribution in [0.2, 0.25) is 0 Å². The molecule has 0 fully saturated rings. The molecule has 0 aromatic heterocycles. The van der Waals surface area contributed by atoms with E-state index in [0.29, 0.717) is 0 Å². The fourth-order valence-corrected chi connectivity index (χ4v) is 2.82. The zero-order valence-electron chi connectivity index (χ0n) is 10.2. The van der Waals surface area contributed by atoms with Gasteiger partial charge in [0.15, 0.2) is 0 Å². The number of hydrogen-bond acceptors (Lipinski definition) is 1. The van der Waals surface area contributed by atoms with E-state index in [1.165, 1.54) is 33.1 Å². The third kappa shape index (κ3) is 1.45. The molecule has 0 unspecified atom stereocenters. The van der Waals surface area contributed by atoms with Crippen molar-refractivity contribution in [2.75, 3.05) is 0 Å². The average Bonchev–Trinajstić information content (AvgIpc) is 3.00. The highest BCUT2D eigenvalue weighted by Gasteiger charge is 2.19. The second-order valence-corrected chi connectivity index (χ2v) is 4.69. The Morgan fingerprint density at radius 2 is 1.67 bits per heavy atom. The van der Waals surface area contributed by atoms with E-state index < -0.39 is 0 Å². The minimum absolute atomic E-state index is 0. The summed E-state index contributed by atoms with van der Waals surface area (Å²) in [5, 5.41) is 2.68. The molecule has 4 rings (SSSR count). The first-order chi connectivity index (χ1) is 8.42. The van der Waals surface area contributed by atoms with Gasteiger partial charge in [0.05, 0.1) is 0 Å². The normalized spacial score (nSPS) is 16.1. The van der Waals surface area contributed by atoms with E-state index in [-0.39, 0.29) is 6.15 Å². The molecule has 1 nitrogen and oxygen atoms in total. The standard InChI is InChI=1S/C17H12.H3N/c1-2-6-15-13(4-1)5-3-7-16(15)17-11-12-8-9-14(17)10-12;/h1-9,11H,10H2;1H3. The van der Waals surface area contributed by atoms with E-state index in [2.05, 4.69) is 60.7 Å². The molecule has 2 aromatic carbocycles. The maximum Gasteiger partial charge on any atom is -0.00194 e. The van der Waals surface area contributed by atoms with Gasteiger partial charge in [0.2, 0.25) is 0 Å². The van der Waals surface area contributed by atoms with E-state index >= 15 is 0 Å². The topological polar surface area (TPSA) is 35.0 Å². The molecule has 88 valence electrons. The predicted molar refractivity (Wildman–Crippen MR) is 77.7 cm³/mol. The SMILES string of the molecule is C1=CC2=C(c3cccc4ccccc34)C=C1C2.N. The Labute approximate surface area is 107 Å². The van der Waals surface area contributed by atoms with E-state index in [0.717, 1.165) is 6.42 Å². The molecule has 2 aliphatic rings. The molecular weight excluding hydrogens is 218 g/mol. The summed E-state index contributed by atoms with van der Waals surface area (Å²) in [5.74, 6) is 0. The third-order valence-corrected chi connectivity index (χ3v) is 3.65. The van der Waals surface area contributed by atoms with Gasteiger partial charge < -0.3 is 6.15 Å². The Morgan fingerprint density at radius 3 is 2.44 bits per heavy atom. The highest BCUT2D eigenvalue weighted by Crippen LogP contribution is 2.40. The number of fused-ring (bicyclic) bond motifs is 3. The second-order valence-electron chi connectivity index (χ2n) is 4.69. The molecule has 2 bridgehead atoms. The van der Waals surface area contributed by atoms with Crippen LogP contribution in [-0.2, 0) is 0 Å². The molecule has 0 saturated carbocycles. The van der Waals surface area contributed by atoms with Crippen LogP contribution in [0.15, 0.2) is 71.8 Å². The summed E-state index contributed by atoms with van der Waals surface area (Å²) in [5.41, 5.74) is 5.70. The molecule has 2 aliphatic carbocycles. The van der Waals surface area contributed by atoms with Gasteiger partial charge in [0.1, 0.15) is 0 Å². The summed E-state index contributed by atoms with van der Waals surface area (Å²) in [6.07, 6.45) is 7.94. The quantitative estimate of drug-likeness (QED) is 0.764. The molecule has 0 atom stereocenters. The lowest BCUT2D eigenvalue weighted by molar-refractivity contribution is 1.32. The highest BCUT2D eigenvalue weighted by molar-refractivity contribution is 5.99. The lowest BCUT2D eigenvalue weighted by Gasteiger charge is -2.08. The van der Waals surface area contributed by atoms with Crippen molar-refractivity contribution < 1.29 is 0 Å². The van der Waals surface area contributed by atoms with E-state index in [1.807, 2.05) is 0 Å². The summed E-state index contributed by atoms with van der Waals surface area (Å²) in [6, 6.07) is 15.2. The molecular formula is C17H15N. The van der Waals surface area contributed by atoms with Crippen LogP contribution in [0, 0.1) is 0 Å². The summed E-state index contributed by atoms with van der Waals surface area (Å²) in [6.45, 7) is 0. The molecule has 1 heteroatoms. The number of benzene rings is 2. The van der Waals surface area contributed by atoms with E-state index in [4.69, 9.17) is 0 Å². The minimum Gasteiger partial charge on any atom is -0.344 e. The average molecular weight is 233 g/mol. The van der Waals surface area contributed by atoms with Crippen LogP contribution in [0.3, 0.4) is 0 Å². The van der Waals surface area contributed by atoms with Gasteiger partial charge in [-0.25, -0.2) is 0 Å². The van der Waals surface area contributed by atoms with Crippen LogP contribution < -0.4 is 6.15 Å². The van der Waals surface area contributed by atoms with Gasteiger partial charge in [-0.1, -0.05) is 60.7 Å². The van der Waals surface area contributed by atoms with Crippen molar-refractivity contribution in [2.45, 2.75) is 6.42 Å². The predicted octanol–water partition coefficient (Wildman–Crippen LogP) is 4.66. The molecule has 2 aromatic rings. The van der Waals surface area contributed by atoms with Gasteiger partial charge in [-0.15, -0.1) is 0 Å². The highest BCUT2D eigenvalue weighted by atomic mass is 14.2. The van der Waals surface area contributed by atoms with Crippen LogP contribution in [0.25, 0.3) is 16.3 Å². The van der Waals surface area contributed by atoms with E-state index in [1.54, 1.807) is 0 Å². The van der Waals surface area contributed by atoms with Gasteiger partial charge in [0.25, 0.3) is 0 Å². The molecule has 0 aliphatic heterocycles. The van der Waals surface area contributed by atoms with Crippen LogP contribution in [0.5, 0.6) is 0 Å². The molecule has 0 spiro atoms. The zero-order valence-corrected chi connectivity index (χ0v) is 10.2. The molecule has 3 N–H and O–H groups in total. The largest absolute Gasteiger partial charge is 0.344 e. The Hall–Kier alpha value is -2.12. The minimum atomic E-state index is 0. The summed E-state index contributed by atoms with van der Waals surface area (Å²) in [4.78, 5) is 0. The van der Waals surface area contributed by atoms with Crippen molar-refractivity contribution in [1.29, 1.82) is 0 Å². The maximum atomic E-state index is 2.33.